The summed E-state index contributed by atoms with van der Waals surface area (Å²) in [4.78, 5) is 12.0. The SMILES string of the molecule is [C-]#[N+]c1cncc(-c2ccc(-c3cc4sc5cc(-c6ccc(-c7cncc(C#N)c7)cc6)c6ccccc6c5c4c4ccccc34)cc2)c1. The van der Waals surface area contributed by atoms with Crippen molar-refractivity contribution < 1.29 is 0 Å². The van der Waals surface area contributed by atoms with E-state index in [1.165, 1.54) is 52.8 Å². The molecule has 226 valence electrons. The zero-order valence-corrected chi connectivity index (χ0v) is 26.9. The maximum atomic E-state index is 9.34. The van der Waals surface area contributed by atoms with E-state index in [0.29, 0.717) is 11.3 Å². The van der Waals surface area contributed by atoms with Crippen molar-refractivity contribution in [3.63, 3.8) is 0 Å². The van der Waals surface area contributed by atoms with Gasteiger partial charge in [0, 0.05) is 50.5 Å². The van der Waals surface area contributed by atoms with Crippen molar-refractivity contribution in [1.82, 2.24) is 9.97 Å². The largest absolute Gasteiger partial charge is 0.276 e. The molecule has 4 nitrogen and oxygen atoms in total. The summed E-state index contributed by atoms with van der Waals surface area (Å²) < 4.78 is 2.51. The lowest BCUT2D eigenvalue weighted by Crippen LogP contribution is -1.86. The summed E-state index contributed by atoms with van der Waals surface area (Å²) in [6, 6.07) is 45.2. The van der Waals surface area contributed by atoms with Crippen molar-refractivity contribution in [1.29, 1.82) is 5.26 Å². The molecule has 0 atom stereocenters. The maximum absolute atomic E-state index is 9.34. The van der Waals surface area contributed by atoms with E-state index in [9.17, 15) is 5.26 Å². The Morgan fingerprint density at radius 3 is 1.49 bits per heavy atom. The first kappa shape index (κ1) is 28.6. The van der Waals surface area contributed by atoms with Gasteiger partial charge in [-0.15, -0.1) is 11.3 Å². The number of hydrogen-bond acceptors (Lipinski definition) is 4. The highest BCUT2D eigenvalue weighted by atomic mass is 32.1. The first-order chi connectivity index (χ1) is 24.2. The third kappa shape index (κ3) is 4.81. The molecular formula is C44H24N4S. The second-order valence-electron chi connectivity index (χ2n) is 12.1. The van der Waals surface area contributed by atoms with Crippen LogP contribution in [0.15, 0.2) is 146 Å². The quantitative estimate of drug-likeness (QED) is 0.180. The fraction of sp³-hybridized carbons (Fsp3) is 0. The van der Waals surface area contributed by atoms with E-state index in [0.717, 1.165) is 33.4 Å². The van der Waals surface area contributed by atoms with Crippen molar-refractivity contribution in [2.45, 2.75) is 0 Å². The van der Waals surface area contributed by atoms with Crippen LogP contribution in [-0.2, 0) is 0 Å². The molecular weight excluding hydrogens is 617 g/mol. The van der Waals surface area contributed by atoms with E-state index in [2.05, 4.69) is 130 Å². The summed E-state index contributed by atoms with van der Waals surface area (Å²) in [5.41, 5.74) is 9.71. The number of nitriles is 1. The van der Waals surface area contributed by atoms with Crippen molar-refractivity contribution >= 4 is 58.7 Å². The third-order valence-electron chi connectivity index (χ3n) is 9.27. The molecule has 0 saturated carbocycles. The van der Waals surface area contributed by atoms with Crippen LogP contribution in [0, 0.1) is 17.9 Å². The fourth-order valence-corrected chi connectivity index (χ4v) is 8.18. The maximum Gasteiger partial charge on any atom is 0.205 e. The van der Waals surface area contributed by atoms with Gasteiger partial charge in [-0.25, -0.2) is 4.85 Å². The zero-order valence-electron chi connectivity index (χ0n) is 26.1. The van der Waals surface area contributed by atoms with E-state index in [1.54, 1.807) is 24.8 Å². The highest BCUT2D eigenvalue weighted by Crippen LogP contribution is 2.47. The molecule has 0 aliphatic carbocycles. The lowest BCUT2D eigenvalue weighted by molar-refractivity contribution is 1.30. The van der Waals surface area contributed by atoms with Gasteiger partial charge in [0.1, 0.15) is 6.07 Å². The third-order valence-corrected chi connectivity index (χ3v) is 10.3. The van der Waals surface area contributed by atoms with Crippen LogP contribution >= 0.6 is 11.3 Å². The molecule has 3 aromatic heterocycles. The molecule has 0 unspecified atom stereocenters. The Bertz CT molecular complexity index is 2640. The minimum atomic E-state index is 0.537. The number of rotatable bonds is 4. The van der Waals surface area contributed by atoms with Crippen molar-refractivity contribution in [3.8, 4) is 50.6 Å². The second kappa shape index (κ2) is 11.5. The Hall–Kier alpha value is -6.66. The highest BCUT2D eigenvalue weighted by Gasteiger charge is 2.18. The van der Waals surface area contributed by atoms with Crippen molar-refractivity contribution in [2.24, 2.45) is 0 Å². The van der Waals surface area contributed by atoms with Gasteiger partial charge in [-0.3, -0.25) is 9.97 Å². The predicted molar refractivity (Wildman–Crippen MR) is 203 cm³/mol. The van der Waals surface area contributed by atoms with Crippen LogP contribution in [0.4, 0.5) is 5.69 Å². The standard InChI is InChI=1S/C44H24N4S/c1-46-34-19-33(25-48-26-34)29-12-16-31(17-13-29)40-21-42-44(38-9-5-3-7-36(38)40)43-37-8-4-2-6-35(37)39(20-41(43)49-42)30-14-10-28(11-15-30)32-18-27(22-45)23-47-24-32/h2-21,23-26H. The molecule has 49 heavy (non-hydrogen) atoms. The van der Waals surface area contributed by atoms with Crippen LogP contribution in [0.3, 0.4) is 0 Å². The van der Waals surface area contributed by atoms with Crippen LogP contribution in [0.5, 0.6) is 0 Å². The Balaban J connectivity index is 1.21. The van der Waals surface area contributed by atoms with E-state index in [-0.39, 0.29) is 0 Å². The van der Waals surface area contributed by atoms with Gasteiger partial charge >= 0.3 is 0 Å². The van der Waals surface area contributed by atoms with E-state index < -0.39 is 0 Å². The van der Waals surface area contributed by atoms with Crippen molar-refractivity contribution in [2.75, 3.05) is 0 Å². The van der Waals surface area contributed by atoms with Gasteiger partial charge in [-0.05, 0) is 84.8 Å². The number of fused-ring (bicyclic) bond motifs is 7. The summed E-state index contributed by atoms with van der Waals surface area (Å²) in [7, 11) is 0. The monoisotopic (exact) mass is 640 g/mol. The summed E-state index contributed by atoms with van der Waals surface area (Å²) >= 11 is 1.84. The van der Waals surface area contributed by atoms with Gasteiger partial charge in [0.2, 0.25) is 5.69 Å². The first-order valence-electron chi connectivity index (χ1n) is 15.9. The Morgan fingerprint density at radius 2 is 0.980 bits per heavy atom. The normalized spacial score (nSPS) is 11.2. The Labute approximate surface area is 286 Å². The molecule has 0 amide bonds. The summed E-state index contributed by atoms with van der Waals surface area (Å²) in [6.45, 7) is 7.36. The average Bonchev–Trinajstić information content (AvgIpc) is 3.56. The molecule has 0 fully saturated rings. The first-order valence-corrected chi connectivity index (χ1v) is 16.7. The molecule has 6 aromatic carbocycles. The highest BCUT2D eigenvalue weighted by molar-refractivity contribution is 7.26. The van der Waals surface area contributed by atoms with Gasteiger partial charge in [0.05, 0.1) is 12.1 Å². The number of hydrogen-bond donors (Lipinski definition) is 0. The van der Waals surface area contributed by atoms with Crippen LogP contribution in [-0.4, -0.2) is 9.97 Å². The van der Waals surface area contributed by atoms with E-state index >= 15 is 0 Å². The molecule has 5 heteroatoms. The van der Waals surface area contributed by atoms with Gasteiger partial charge in [-0.2, -0.15) is 5.26 Å². The molecule has 3 heterocycles. The smallest absolute Gasteiger partial charge is 0.205 e. The van der Waals surface area contributed by atoms with E-state index in [4.69, 9.17) is 6.57 Å². The summed E-state index contributed by atoms with van der Waals surface area (Å²) in [5.74, 6) is 0. The fourth-order valence-electron chi connectivity index (χ4n) is 6.96. The zero-order chi connectivity index (χ0) is 32.9. The lowest BCUT2D eigenvalue weighted by Gasteiger charge is -2.12. The molecule has 0 aliphatic heterocycles. The van der Waals surface area contributed by atoms with Crippen LogP contribution < -0.4 is 0 Å². The molecule has 0 radical (unpaired) electrons. The average molecular weight is 641 g/mol. The molecule has 9 aromatic rings. The minimum absolute atomic E-state index is 0.537. The van der Waals surface area contributed by atoms with Crippen molar-refractivity contribution in [3.05, 3.63) is 163 Å². The molecule has 0 spiro atoms. The van der Waals surface area contributed by atoms with Gasteiger partial charge in [0.15, 0.2) is 0 Å². The lowest BCUT2D eigenvalue weighted by atomic mass is 9.91. The van der Waals surface area contributed by atoms with Gasteiger partial charge in [-0.1, -0.05) is 97.1 Å². The Morgan fingerprint density at radius 1 is 0.510 bits per heavy atom. The van der Waals surface area contributed by atoms with E-state index in [1.807, 2.05) is 23.5 Å². The number of nitrogens with zero attached hydrogens (tertiary/aromatic N) is 4. The van der Waals surface area contributed by atoms with Crippen LogP contribution in [0.1, 0.15) is 5.56 Å². The topological polar surface area (TPSA) is 53.9 Å². The van der Waals surface area contributed by atoms with Gasteiger partial charge in [0.25, 0.3) is 0 Å². The summed E-state index contributed by atoms with van der Waals surface area (Å²) in [6.07, 6.45) is 6.79. The van der Waals surface area contributed by atoms with Gasteiger partial charge < -0.3 is 0 Å². The number of aromatic nitrogens is 2. The summed E-state index contributed by atoms with van der Waals surface area (Å²) in [5, 5.41) is 16.9. The second-order valence-corrected chi connectivity index (χ2v) is 13.1. The molecule has 0 bridgehead atoms. The molecule has 0 aliphatic rings. The molecule has 9 rings (SSSR count). The number of pyridine rings is 2. The minimum Gasteiger partial charge on any atom is -0.276 e. The molecule has 0 saturated heterocycles. The number of thiophene rings is 1. The predicted octanol–water partition coefficient (Wildman–Crippen LogP) is 12.2. The van der Waals surface area contributed by atoms with Crippen LogP contribution in [0.25, 0.3) is 91.1 Å². The Kier molecular flexibility index (Phi) is 6.73. The van der Waals surface area contributed by atoms with Crippen LogP contribution in [0.2, 0.25) is 0 Å². The molecule has 0 N–H and O–H groups in total. The number of benzene rings is 6.